The third kappa shape index (κ3) is 3.27. The predicted octanol–water partition coefficient (Wildman–Crippen LogP) is 2.19. The first-order chi connectivity index (χ1) is 11.9. The Balaban J connectivity index is 1.42. The molecule has 6 heteroatoms. The fourth-order valence-corrected chi connectivity index (χ4v) is 3.51. The van der Waals surface area contributed by atoms with E-state index in [4.69, 9.17) is 0 Å². The Morgan fingerprint density at radius 1 is 0.625 bits per heavy atom. The average molecular weight is 324 g/mol. The van der Waals surface area contributed by atoms with Crippen LogP contribution in [0.1, 0.15) is 19.3 Å². The van der Waals surface area contributed by atoms with Crippen molar-refractivity contribution in [3.63, 3.8) is 0 Å². The average Bonchev–Trinajstić information content (AvgIpc) is 2.70. The lowest BCUT2D eigenvalue weighted by atomic mass is 10.1. The molecule has 2 aliphatic rings. The van der Waals surface area contributed by atoms with E-state index in [9.17, 15) is 0 Å². The van der Waals surface area contributed by atoms with E-state index < -0.39 is 0 Å². The zero-order valence-electron chi connectivity index (χ0n) is 14.0. The third-order valence-corrected chi connectivity index (χ3v) is 4.90. The molecule has 0 saturated carbocycles. The van der Waals surface area contributed by atoms with E-state index in [0.717, 1.165) is 56.7 Å². The summed E-state index contributed by atoms with van der Waals surface area (Å²) < 4.78 is 0. The Morgan fingerprint density at radius 3 is 1.88 bits per heavy atom. The Bertz CT molecular complexity index is 648. The van der Waals surface area contributed by atoms with Gasteiger partial charge in [0.2, 0.25) is 0 Å². The highest BCUT2D eigenvalue weighted by molar-refractivity contribution is 5.51. The van der Waals surface area contributed by atoms with Gasteiger partial charge in [-0.2, -0.15) is 0 Å². The molecule has 24 heavy (non-hydrogen) atoms. The summed E-state index contributed by atoms with van der Waals surface area (Å²) in [5, 5.41) is 0. The molecular weight excluding hydrogens is 300 g/mol. The molecule has 0 unspecified atom stereocenters. The van der Waals surface area contributed by atoms with Crippen LogP contribution in [0.3, 0.4) is 0 Å². The molecule has 4 heterocycles. The van der Waals surface area contributed by atoms with Crippen molar-refractivity contribution < 1.29 is 0 Å². The normalized spacial score (nSPS) is 18.8. The zero-order valence-corrected chi connectivity index (χ0v) is 14.0. The van der Waals surface area contributed by atoms with Crippen LogP contribution in [0.5, 0.6) is 0 Å². The van der Waals surface area contributed by atoms with E-state index in [1.165, 1.54) is 19.3 Å². The van der Waals surface area contributed by atoms with Crippen LogP contribution in [-0.2, 0) is 0 Å². The number of hydrogen-bond acceptors (Lipinski definition) is 6. The van der Waals surface area contributed by atoms with Crippen molar-refractivity contribution in [3.05, 3.63) is 36.8 Å². The number of hydrogen-bond donors (Lipinski definition) is 0. The van der Waals surface area contributed by atoms with Crippen molar-refractivity contribution in [3.8, 4) is 0 Å². The van der Waals surface area contributed by atoms with Crippen LogP contribution < -0.4 is 14.7 Å². The lowest BCUT2D eigenvalue weighted by Gasteiger charge is -2.36. The highest BCUT2D eigenvalue weighted by atomic mass is 15.3. The molecule has 2 aromatic heterocycles. The van der Waals surface area contributed by atoms with Gasteiger partial charge < -0.3 is 14.7 Å². The summed E-state index contributed by atoms with van der Waals surface area (Å²) in [4.78, 5) is 20.5. The second-order valence-corrected chi connectivity index (χ2v) is 6.44. The maximum Gasteiger partial charge on any atom is 0.134 e. The summed E-state index contributed by atoms with van der Waals surface area (Å²) in [6.45, 7) is 6.11. The van der Waals surface area contributed by atoms with Crippen LogP contribution in [0.25, 0.3) is 0 Å². The molecule has 126 valence electrons. The summed E-state index contributed by atoms with van der Waals surface area (Å²) in [5.74, 6) is 3.19. The number of aromatic nitrogens is 3. The Kier molecular flexibility index (Phi) is 4.44. The zero-order chi connectivity index (χ0) is 16.2. The SMILES string of the molecule is c1ccc(N2CCN(c3cc(N4CCCCC4)ncn3)CC2)nc1. The summed E-state index contributed by atoms with van der Waals surface area (Å²) in [6.07, 6.45) is 7.44. The van der Waals surface area contributed by atoms with Crippen LogP contribution in [-0.4, -0.2) is 54.2 Å². The first kappa shape index (κ1) is 15.2. The minimum atomic E-state index is 0.965. The van der Waals surface area contributed by atoms with Crippen molar-refractivity contribution in [1.29, 1.82) is 0 Å². The van der Waals surface area contributed by atoms with E-state index in [2.05, 4.69) is 41.8 Å². The van der Waals surface area contributed by atoms with Crippen LogP contribution in [0.15, 0.2) is 36.8 Å². The predicted molar refractivity (Wildman–Crippen MR) is 96.8 cm³/mol. The second kappa shape index (κ2) is 7.03. The lowest BCUT2D eigenvalue weighted by molar-refractivity contribution is 0.572. The molecule has 4 rings (SSSR count). The highest BCUT2D eigenvalue weighted by Crippen LogP contribution is 2.22. The number of piperazine rings is 1. The Labute approximate surface area is 143 Å². The van der Waals surface area contributed by atoms with E-state index in [-0.39, 0.29) is 0 Å². The van der Waals surface area contributed by atoms with Gasteiger partial charge in [-0.05, 0) is 31.4 Å². The molecule has 0 aliphatic carbocycles. The molecule has 2 fully saturated rings. The standard InChI is InChI=1S/C18H24N6/c1-4-8-22(9-5-1)17-14-18(21-15-20-17)24-12-10-23(11-13-24)16-6-2-3-7-19-16/h2-3,6-7,14-15H,1,4-5,8-13H2. The Morgan fingerprint density at radius 2 is 1.25 bits per heavy atom. The molecule has 0 bridgehead atoms. The largest absolute Gasteiger partial charge is 0.356 e. The van der Waals surface area contributed by atoms with Crippen LogP contribution in [0, 0.1) is 0 Å². The molecule has 2 aromatic rings. The third-order valence-electron chi connectivity index (χ3n) is 4.90. The smallest absolute Gasteiger partial charge is 0.134 e. The number of rotatable bonds is 3. The van der Waals surface area contributed by atoms with Gasteiger partial charge in [0.1, 0.15) is 23.8 Å². The topological polar surface area (TPSA) is 48.4 Å². The van der Waals surface area contributed by atoms with Crippen LogP contribution in [0.4, 0.5) is 17.5 Å². The minimum Gasteiger partial charge on any atom is -0.356 e. The van der Waals surface area contributed by atoms with E-state index in [1.807, 2.05) is 18.3 Å². The lowest BCUT2D eigenvalue weighted by Crippen LogP contribution is -2.47. The number of pyridine rings is 1. The van der Waals surface area contributed by atoms with Crippen LogP contribution >= 0.6 is 0 Å². The molecule has 2 aliphatic heterocycles. The van der Waals surface area contributed by atoms with E-state index in [0.29, 0.717) is 0 Å². The highest BCUT2D eigenvalue weighted by Gasteiger charge is 2.20. The fraction of sp³-hybridized carbons (Fsp3) is 0.500. The van der Waals surface area contributed by atoms with E-state index in [1.54, 1.807) is 6.33 Å². The molecule has 0 aromatic carbocycles. The fourth-order valence-electron chi connectivity index (χ4n) is 3.51. The number of piperidine rings is 1. The van der Waals surface area contributed by atoms with Gasteiger partial charge in [0.15, 0.2) is 0 Å². The van der Waals surface area contributed by atoms with Gasteiger partial charge >= 0.3 is 0 Å². The van der Waals surface area contributed by atoms with Crippen molar-refractivity contribution in [2.24, 2.45) is 0 Å². The first-order valence-electron chi connectivity index (χ1n) is 8.88. The van der Waals surface area contributed by atoms with Gasteiger partial charge in [0.25, 0.3) is 0 Å². The molecule has 0 atom stereocenters. The molecule has 0 radical (unpaired) electrons. The molecule has 0 spiro atoms. The monoisotopic (exact) mass is 324 g/mol. The maximum atomic E-state index is 4.51. The quantitative estimate of drug-likeness (QED) is 0.862. The van der Waals surface area contributed by atoms with Gasteiger partial charge in [-0.1, -0.05) is 6.07 Å². The van der Waals surface area contributed by atoms with Gasteiger partial charge in [0.05, 0.1) is 0 Å². The number of anilines is 3. The molecular formula is C18H24N6. The maximum absolute atomic E-state index is 4.51. The number of nitrogens with zero attached hydrogens (tertiary/aromatic N) is 6. The molecule has 2 saturated heterocycles. The van der Waals surface area contributed by atoms with Gasteiger partial charge in [0, 0.05) is 51.5 Å². The summed E-state index contributed by atoms with van der Waals surface area (Å²) in [7, 11) is 0. The van der Waals surface area contributed by atoms with Crippen molar-refractivity contribution in [2.75, 3.05) is 54.0 Å². The summed E-state index contributed by atoms with van der Waals surface area (Å²) in [6, 6.07) is 8.24. The van der Waals surface area contributed by atoms with Gasteiger partial charge in [-0.15, -0.1) is 0 Å². The summed E-state index contributed by atoms with van der Waals surface area (Å²) in [5.41, 5.74) is 0. The molecule has 0 N–H and O–H groups in total. The summed E-state index contributed by atoms with van der Waals surface area (Å²) >= 11 is 0. The molecule has 0 amide bonds. The van der Waals surface area contributed by atoms with Crippen molar-refractivity contribution >= 4 is 17.5 Å². The Hall–Kier alpha value is -2.37. The van der Waals surface area contributed by atoms with E-state index >= 15 is 0 Å². The van der Waals surface area contributed by atoms with Gasteiger partial charge in [-0.3, -0.25) is 0 Å². The minimum absolute atomic E-state index is 0.965. The first-order valence-corrected chi connectivity index (χ1v) is 8.88. The second-order valence-electron chi connectivity index (χ2n) is 6.44. The molecule has 6 nitrogen and oxygen atoms in total. The van der Waals surface area contributed by atoms with Crippen LogP contribution in [0.2, 0.25) is 0 Å². The van der Waals surface area contributed by atoms with Crippen molar-refractivity contribution in [1.82, 2.24) is 15.0 Å². The van der Waals surface area contributed by atoms with Gasteiger partial charge in [-0.25, -0.2) is 15.0 Å². The van der Waals surface area contributed by atoms with Crippen molar-refractivity contribution in [2.45, 2.75) is 19.3 Å².